The molecule has 7 heteroatoms. The molecule has 0 saturated heterocycles. The molecule has 0 atom stereocenters. The van der Waals surface area contributed by atoms with Crippen molar-refractivity contribution in [1.29, 1.82) is 0 Å². The van der Waals surface area contributed by atoms with Gasteiger partial charge in [0, 0.05) is 12.6 Å². The summed E-state index contributed by atoms with van der Waals surface area (Å²) in [7, 11) is 3.21. The molecule has 2 N–H and O–H groups in total. The summed E-state index contributed by atoms with van der Waals surface area (Å²) in [5, 5.41) is 16.3. The molecule has 19 heavy (non-hydrogen) atoms. The molecule has 0 unspecified atom stereocenters. The number of carbonyl (C=O) groups is 1. The maximum absolute atomic E-state index is 11.9. The number of hydrogen-bond donors (Lipinski definition) is 2. The summed E-state index contributed by atoms with van der Waals surface area (Å²) in [5.41, 5.74) is 0.182. The number of rotatable bonds is 7. The van der Waals surface area contributed by atoms with E-state index in [1.165, 1.54) is 25.3 Å². The first-order valence-corrected chi connectivity index (χ1v) is 5.85. The van der Waals surface area contributed by atoms with E-state index in [0.29, 0.717) is 6.54 Å². The van der Waals surface area contributed by atoms with Crippen LogP contribution in [0.15, 0.2) is 18.2 Å². The number of carbonyl (C=O) groups excluding carboxylic acids is 1. The van der Waals surface area contributed by atoms with Gasteiger partial charge in [0.1, 0.15) is 5.75 Å². The van der Waals surface area contributed by atoms with Gasteiger partial charge in [-0.3, -0.25) is 14.9 Å². The smallest absolute Gasteiger partial charge is 0.273 e. The minimum atomic E-state index is -0.531. The molecule has 0 aromatic heterocycles. The molecular weight excluding hydrogens is 250 g/mol. The second kappa shape index (κ2) is 7.32. The van der Waals surface area contributed by atoms with Crippen molar-refractivity contribution in [3.05, 3.63) is 33.9 Å². The van der Waals surface area contributed by atoms with E-state index in [2.05, 4.69) is 10.6 Å². The Morgan fingerprint density at radius 2 is 2.16 bits per heavy atom. The lowest BCUT2D eigenvalue weighted by atomic mass is 10.1. The molecule has 1 rings (SSSR count). The summed E-state index contributed by atoms with van der Waals surface area (Å²) in [6.07, 6.45) is 0.803. The highest BCUT2D eigenvalue weighted by atomic mass is 16.6. The van der Waals surface area contributed by atoms with Crippen LogP contribution in [-0.2, 0) is 0 Å². The largest absolute Gasteiger partial charge is 0.496 e. The van der Waals surface area contributed by atoms with Gasteiger partial charge in [-0.15, -0.1) is 0 Å². The van der Waals surface area contributed by atoms with Gasteiger partial charge in [0.15, 0.2) is 0 Å². The first kappa shape index (κ1) is 14.9. The van der Waals surface area contributed by atoms with E-state index in [4.69, 9.17) is 4.74 Å². The monoisotopic (exact) mass is 267 g/mol. The molecule has 0 heterocycles. The van der Waals surface area contributed by atoms with Crippen LogP contribution in [0, 0.1) is 10.1 Å². The molecule has 0 saturated carbocycles. The molecule has 0 aliphatic heterocycles. The van der Waals surface area contributed by atoms with Crippen LogP contribution in [0.2, 0.25) is 0 Å². The highest BCUT2D eigenvalue weighted by Gasteiger charge is 2.16. The summed E-state index contributed by atoms with van der Waals surface area (Å²) in [4.78, 5) is 22.0. The molecule has 1 aromatic rings. The quantitative estimate of drug-likeness (QED) is 0.435. The van der Waals surface area contributed by atoms with Gasteiger partial charge in [0.2, 0.25) is 0 Å². The number of nitrogens with one attached hydrogen (secondary N) is 2. The van der Waals surface area contributed by atoms with E-state index in [1.807, 2.05) is 7.05 Å². The number of hydrogen-bond acceptors (Lipinski definition) is 5. The average molecular weight is 267 g/mol. The number of nitro benzene ring substituents is 1. The minimum Gasteiger partial charge on any atom is -0.496 e. The Morgan fingerprint density at radius 1 is 1.42 bits per heavy atom. The standard InChI is InChI=1S/C12H17N3O4/c1-13-6-3-7-14-12(16)10-5-4-9(15(17)18)8-11(10)19-2/h4-5,8,13H,3,6-7H2,1-2H3,(H,14,16). The van der Waals surface area contributed by atoms with Crippen LogP contribution >= 0.6 is 0 Å². The van der Waals surface area contributed by atoms with Crippen molar-refractivity contribution in [2.75, 3.05) is 27.2 Å². The SMILES string of the molecule is CNCCCNC(=O)c1ccc([N+](=O)[O-])cc1OC. The first-order valence-electron chi connectivity index (χ1n) is 5.85. The fourth-order valence-electron chi connectivity index (χ4n) is 1.54. The van der Waals surface area contributed by atoms with Crippen molar-refractivity contribution in [2.45, 2.75) is 6.42 Å². The maximum atomic E-state index is 11.9. The van der Waals surface area contributed by atoms with Gasteiger partial charge in [0.05, 0.1) is 23.7 Å². The molecule has 0 bridgehead atoms. The van der Waals surface area contributed by atoms with Crippen LogP contribution < -0.4 is 15.4 Å². The van der Waals surface area contributed by atoms with E-state index >= 15 is 0 Å². The number of non-ortho nitro benzene ring substituents is 1. The Balaban J connectivity index is 2.76. The highest BCUT2D eigenvalue weighted by Crippen LogP contribution is 2.24. The van der Waals surface area contributed by atoms with Gasteiger partial charge >= 0.3 is 0 Å². The lowest BCUT2D eigenvalue weighted by molar-refractivity contribution is -0.384. The van der Waals surface area contributed by atoms with Crippen LogP contribution in [0.4, 0.5) is 5.69 Å². The van der Waals surface area contributed by atoms with Crippen molar-refractivity contribution in [2.24, 2.45) is 0 Å². The Kier molecular flexibility index (Phi) is 5.74. The van der Waals surface area contributed by atoms with Gasteiger partial charge in [-0.25, -0.2) is 0 Å². The van der Waals surface area contributed by atoms with E-state index < -0.39 is 4.92 Å². The number of ether oxygens (including phenoxy) is 1. The molecule has 104 valence electrons. The Labute approximate surface area is 111 Å². The third kappa shape index (κ3) is 4.22. The van der Waals surface area contributed by atoms with Gasteiger partial charge in [0.25, 0.3) is 11.6 Å². The number of nitrogens with zero attached hydrogens (tertiary/aromatic N) is 1. The molecule has 0 aliphatic rings. The highest BCUT2D eigenvalue weighted by molar-refractivity contribution is 5.97. The van der Waals surface area contributed by atoms with E-state index in [-0.39, 0.29) is 22.9 Å². The number of methoxy groups -OCH3 is 1. The van der Waals surface area contributed by atoms with E-state index in [1.54, 1.807) is 0 Å². The molecule has 7 nitrogen and oxygen atoms in total. The van der Waals surface area contributed by atoms with Crippen molar-refractivity contribution >= 4 is 11.6 Å². The van der Waals surface area contributed by atoms with Crippen molar-refractivity contribution in [3.8, 4) is 5.75 Å². The zero-order valence-corrected chi connectivity index (χ0v) is 10.9. The minimum absolute atomic E-state index is 0.108. The predicted molar refractivity (Wildman–Crippen MR) is 70.5 cm³/mol. The molecular formula is C12H17N3O4. The predicted octanol–water partition coefficient (Wildman–Crippen LogP) is 0.943. The maximum Gasteiger partial charge on any atom is 0.273 e. The molecule has 1 aromatic carbocycles. The summed E-state index contributed by atoms with van der Waals surface area (Å²) in [5.74, 6) is -0.108. The van der Waals surface area contributed by atoms with Crippen LogP contribution in [-0.4, -0.2) is 38.1 Å². The van der Waals surface area contributed by atoms with Gasteiger partial charge in [-0.2, -0.15) is 0 Å². The van der Waals surface area contributed by atoms with Crippen LogP contribution in [0.5, 0.6) is 5.75 Å². The van der Waals surface area contributed by atoms with Crippen LogP contribution in [0.1, 0.15) is 16.8 Å². The number of benzene rings is 1. The van der Waals surface area contributed by atoms with Crippen molar-refractivity contribution in [1.82, 2.24) is 10.6 Å². The third-order valence-corrected chi connectivity index (χ3v) is 2.53. The summed E-state index contributed by atoms with van der Waals surface area (Å²) in [6.45, 7) is 1.33. The summed E-state index contributed by atoms with van der Waals surface area (Å²) >= 11 is 0. The third-order valence-electron chi connectivity index (χ3n) is 2.53. The fraction of sp³-hybridized carbons (Fsp3) is 0.417. The van der Waals surface area contributed by atoms with Crippen molar-refractivity contribution in [3.63, 3.8) is 0 Å². The fourth-order valence-corrected chi connectivity index (χ4v) is 1.54. The van der Waals surface area contributed by atoms with Gasteiger partial charge < -0.3 is 15.4 Å². The Morgan fingerprint density at radius 3 is 2.74 bits per heavy atom. The van der Waals surface area contributed by atoms with Crippen LogP contribution in [0.25, 0.3) is 0 Å². The number of nitro groups is 1. The lowest BCUT2D eigenvalue weighted by Gasteiger charge is -2.09. The number of amides is 1. The van der Waals surface area contributed by atoms with E-state index in [0.717, 1.165) is 13.0 Å². The molecule has 0 spiro atoms. The molecule has 0 fully saturated rings. The first-order chi connectivity index (χ1) is 9.10. The second-order valence-corrected chi connectivity index (χ2v) is 3.85. The van der Waals surface area contributed by atoms with Gasteiger partial charge in [-0.1, -0.05) is 0 Å². The van der Waals surface area contributed by atoms with E-state index in [9.17, 15) is 14.9 Å². The topological polar surface area (TPSA) is 93.5 Å². The van der Waals surface area contributed by atoms with Crippen molar-refractivity contribution < 1.29 is 14.5 Å². The second-order valence-electron chi connectivity index (χ2n) is 3.85. The Bertz CT molecular complexity index is 462. The summed E-state index contributed by atoms with van der Waals surface area (Å²) < 4.78 is 5.01. The zero-order valence-electron chi connectivity index (χ0n) is 10.9. The normalized spacial score (nSPS) is 10.0. The van der Waals surface area contributed by atoms with Crippen LogP contribution in [0.3, 0.4) is 0 Å². The average Bonchev–Trinajstić information content (AvgIpc) is 2.42. The molecule has 0 radical (unpaired) electrons. The molecule has 1 amide bonds. The summed E-state index contributed by atoms with van der Waals surface area (Å²) in [6, 6.07) is 3.91. The molecule has 0 aliphatic carbocycles. The lowest BCUT2D eigenvalue weighted by Crippen LogP contribution is -2.26. The van der Waals surface area contributed by atoms with Gasteiger partial charge in [-0.05, 0) is 26.1 Å². The Hall–Kier alpha value is -2.15. The zero-order chi connectivity index (χ0) is 14.3.